The lowest BCUT2D eigenvalue weighted by Gasteiger charge is -2.35. The molecule has 5 nitrogen and oxygen atoms in total. The van der Waals surface area contributed by atoms with Gasteiger partial charge in [0.05, 0.1) is 17.2 Å². The second kappa shape index (κ2) is 7.97. The Bertz CT molecular complexity index is 1070. The molecular weight excluding hydrogens is 406 g/mol. The fourth-order valence-electron chi connectivity index (χ4n) is 4.00. The zero-order chi connectivity index (χ0) is 20.5. The number of fused-ring (bicyclic) bond motifs is 1. The van der Waals surface area contributed by atoms with Crippen molar-refractivity contribution in [3.63, 3.8) is 0 Å². The Balaban J connectivity index is 1.87. The summed E-state index contributed by atoms with van der Waals surface area (Å²) in [6.07, 6.45) is 1.51. The van der Waals surface area contributed by atoms with Gasteiger partial charge in [-0.25, -0.2) is 4.98 Å². The van der Waals surface area contributed by atoms with Gasteiger partial charge in [0, 0.05) is 5.02 Å². The van der Waals surface area contributed by atoms with Gasteiger partial charge in [-0.1, -0.05) is 48.0 Å². The quantitative estimate of drug-likeness (QED) is 0.655. The summed E-state index contributed by atoms with van der Waals surface area (Å²) in [6, 6.07) is 13.7. The third-order valence-electron chi connectivity index (χ3n) is 5.33. The molecule has 0 saturated carbocycles. The average molecular weight is 426 g/mol. The first-order valence-electron chi connectivity index (χ1n) is 9.32. The molecule has 1 aromatic heterocycles. The Morgan fingerprint density at radius 1 is 1.24 bits per heavy atom. The predicted octanol–water partition coefficient (Wildman–Crippen LogP) is 4.46. The Morgan fingerprint density at radius 2 is 2.00 bits per heavy atom. The van der Waals surface area contributed by atoms with Crippen LogP contribution in [0.5, 0.6) is 0 Å². The fraction of sp³-hybridized carbons (Fsp3) is 0.227. The van der Waals surface area contributed by atoms with E-state index in [1.54, 1.807) is 17.3 Å². The van der Waals surface area contributed by atoms with Gasteiger partial charge in [0.25, 0.3) is 5.91 Å². The number of hydrogen-bond acceptors (Lipinski definition) is 4. The Hall–Kier alpha value is -2.70. The van der Waals surface area contributed by atoms with Crippen LogP contribution in [0.4, 0.5) is 0 Å². The number of nitrogens with two attached hydrogens (primary N) is 1. The molecule has 29 heavy (non-hydrogen) atoms. The first-order valence-corrected chi connectivity index (χ1v) is 10.6. The number of carbonyl (C=O) groups is 2. The largest absolute Gasteiger partial charge is 0.368 e. The number of benzene rings is 2. The van der Waals surface area contributed by atoms with Crippen molar-refractivity contribution in [2.45, 2.75) is 31.8 Å². The molecule has 3 aromatic rings. The van der Waals surface area contributed by atoms with Gasteiger partial charge in [-0.05, 0) is 48.6 Å². The number of aromatic nitrogens is 1. The van der Waals surface area contributed by atoms with E-state index in [1.165, 1.54) is 11.3 Å². The molecule has 2 atom stereocenters. The Kier molecular flexibility index (Phi) is 5.39. The van der Waals surface area contributed by atoms with Crippen LogP contribution in [-0.4, -0.2) is 21.7 Å². The number of thiazole rings is 1. The zero-order valence-electron chi connectivity index (χ0n) is 15.8. The minimum atomic E-state index is -0.889. The number of halogens is 1. The third kappa shape index (κ3) is 3.66. The number of primary amides is 1. The SMILES string of the molecule is Cc1ncsc1C(=O)N([C@@H]1CCc2ccc(Cl)cc21)[C@@H](C(N)=O)c1ccccc1. The summed E-state index contributed by atoms with van der Waals surface area (Å²) in [5, 5.41) is 0.604. The lowest BCUT2D eigenvalue weighted by Crippen LogP contribution is -2.43. The van der Waals surface area contributed by atoms with Crippen LogP contribution in [0.3, 0.4) is 0 Å². The van der Waals surface area contributed by atoms with E-state index in [4.69, 9.17) is 17.3 Å². The molecule has 2 N–H and O–H groups in total. The molecular formula is C22H20ClN3O2S. The molecule has 0 saturated heterocycles. The summed E-state index contributed by atoms with van der Waals surface area (Å²) in [7, 11) is 0. The van der Waals surface area contributed by atoms with Crippen LogP contribution in [0.15, 0.2) is 54.0 Å². The summed E-state index contributed by atoms with van der Waals surface area (Å²) >= 11 is 7.53. The van der Waals surface area contributed by atoms with E-state index < -0.39 is 11.9 Å². The third-order valence-corrected chi connectivity index (χ3v) is 6.48. The highest BCUT2D eigenvalue weighted by atomic mass is 35.5. The molecule has 0 bridgehead atoms. The highest BCUT2D eigenvalue weighted by Crippen LogP contribution is 2.42. The van der Waals surface area contributed by atoms with Crippen LogP contribution in [-0.2, 0) is 11.2 Å². The van der Waals surface area contributed by atoms with E-state index in [0.29, 0.717) is 27.6 Å². The molecule has 0 radical (unpaired) electrons. The number of nitrogens with zero attached hydrogens (tertiary/aromatic N) is 2. The number of aryl methyl sites for hydroxylation is 2. The summed E-state index contributed by atoms with van der Waals surface area (Å²) in [5.41, 5.74) is 10.9. The second-order valence-corrected chi connectivity index (χ2v) is 8.38. The molecule has 1 heterocycles. The van der Waals surface area contributed by atoms with E-state index in [-0.39, 0.29) is 11.9 Å². The smallest absolute Gasteiger partial charge is 0.267 e. The Morgan fingerprint density at radius 3 is 2.66 bits per heavy atom. The number of amides is 2. The molecule has 2 amide bonds. The lowest BCUT2D eigenvalue weighted by molar-refractivity contribution is -0.123. The van der Waals surface area contributed by atoms with Crippen molar-refractivity contribution >= 4 is 34.8 Å². The molecule has 7 heteroatoms. The summed E-state index contributed by atoms with van der Waals surface area (Å²) in [6.45, 7) is 1.79. The second-order valence-electron chi connectivity index (χ2n) is 7.09. The topological polar surface area (TPSA) is 76.3 Å². The van der Waals surface area contributed by atoms with Gasteiger partial charge in [0.1, 0.15) is 10.9 Å². The standard InChI is InChI=1S/C22H20ClN3O2S/c1-13-20(29-12-25-13)22(28)26(19(21(24)27)15-5-3-2-4-6-15)18-10-8-14-7-9-16(23)11-17(14)18/h2-7,9,11-12,18-19H,8,10H2,1H3,(H2,24,27)/t18-,19-/m1/s1. The molecule has 0 fully saturated rings. The van der Waals surface area contributed by atoms with E-state index in [0.717, 1.165) is 17.5 Å². The first-order chi connectivity index (χ1) is 14.0. The maximum absolute atomic E-state index is 13.7. The van der Waals surface area contributed by atoms with E-state index >= 15 is 0 Å². The van der Waals surface area contributed by atoms with Crippen molar-refractivity contribution in [3.05, 3.63) is 86.3 Å². The van der Waals surface area contributed by atoms with Crippen LogP contribution in [0.1, 0.15) is 50.6 Å². The van der Waals surface area contributed by atoms with Crippen LogP contribution >= 0.6 is 22.9 Å². The first kappa shape index (κ1) is 19.6. The highest BCUT2D eigenvalue weighted by molar-refractivity contribution is 7.11. The molecule has 0 aliphatic heterocycles. The molecule has 148 valence electrons. The van der Waals surface area contributed by atoms with Crippen molar-refractivity contribution in [1.29, 1.82) is 0 Å². The summed E-state index contributed by atoms with van der Waals surface area (Å²) < 4.78 is 0. The van der Waals surface area contributed by atoms with Crippen molar-refractivity contribution in [1.82, 2.24) is 9.88 Å². The average Bonchev–Trinajstić information content (AvgIpc) is 3.31. The van der Waals surface area contributed by atoms with Gasteiger partial charge >= 0.3 is 0 Å². The Labute approximate surface area is 178 Å². The summed E-state index contributed by atoms with van der Waals surface area (Å²) in [5.74, 6) is -0.808. The number of rotatable bonds is 5. The molecule has 4 rings (SSSR count). The van der Waals surface area contributed by atoms with E-state index in [9.17, 15) is 9.59 Å². The maximum atomic E-state index is 13.7. The van der Waals surface area contributed by atoms with Gasteiger partial charge in [0.15, 0.2) is 0 Å². The van der Waals surface area contributed by atoms with Crippen LogP contribution in [0.25, 0.3) is 0 Å². The molecule has 0 spiro atoms. The van der Waals surface area contributed by atoms with Crippen molar-refractivity contribution in [2.75, 3.05) is 0 Å². The summed E-state index contributed by atoms with van der Waals surface area (Å²) in [4.78, 5) is 32.7. The van der Waals surface area contributed by atoms with E-state index in [2.05, 4.69) is 4.98 Å². The number of hydrogen-bond donors (Lipinski definition) is 1. The van der Waals surface area contributed by atoms with Crippen LogP contribution < -0.4 is 5.73 Å². The zero-order valence-corrected chi connectivity index (χ0v) is 17.4. The van der Waals surface area contributed by atoms with Crippen molar-refractivity contribution < 1.29 is 9.59 Å². The van der Waals surface area contributed by atoms with Crippen LogP contribution in [0.2, 0.25) is 5.02 Å². The molecule has 2 aromatic carbocycles. The monoisotopic (exact) mass is 425 g/mol. The highest BCUT2D eigenvalue weighted by Gasteiger charge is 2.40. The minimum Gasteiger partial charge on any atom is -0.368 e. The van der Waals surface area contributed by atoms with Gasteiger partial charge in [-0.2, -0.15) is 0 Å². The van der Waals surface area contributed by atoms with E-state index in [1.807, 2.05) is 48.5 Å². The van der Waals surface area contributed by atoms with Crippen molar-refractivity contribution in [3.8, 4) is 0 Å². The molecule has 1 aliphatic carbocycles. The number of carbonyl (C=O) groups excluding carboxylic acids is 2. The van der Waals surface area contributed by atoms with Gasteiger partial charge in [-0.3, -0.25) is 9.59 Å². The van der Waals surface area contributed by atoms with Gasteiger partial charge < -0.3 is 10.6 Å². The van der Waals surface area contributed by atoms with Crippen molar-refractivity contribution in [2.24, 2.45) is 5.73 Å². The maximum Gasteiger partial charge on any atom is 0.267 e. The lowest BCUT2D eigenvalue weighted by atomic mass is 9.99. The normalized spacial score (nSPS) is 16.3. The molecule has 1 aliphatic rings. The van der Waals surface area contributed by atoms with Crippen LogP contribution in [0, 0.1) is 6.92 Å². The predicted molar refractivity (Wildman–Crippen MR) is 114 cm³/mol. The fourth-order valence-corrected chi connectivity index (χ4v) is 4.93. The minimum absolute atomic E-state index is 0.240. The van der Waals surface area contributed by atoms with Gasteiger partial charge in [0.2, 0.25) is 5.91 Å². The molecule has 0 unspecified atom stereocenters. The van der Waals surface area contributed by atoms with Gasteiger partial charge in [-0.15, -0.1) is 11.3 Å².